The number of pyridine rings is 1. The minimum atomic E-state index is -0.758. The quantitative estimate of drug-likeness (QED) is 0.355. The monoisotopic (exact) mass is 443 g/mol. The molecule has 168 valence electrons. The first-order valence-electron chi connectivity index (χ1n) is 10.5. The highest BCUT2D eigenvalue weighted by atomic mass is 16.5. The lowest BCUT2D eigenvalue weighted by molar-refractivity contribution is -0.140. The predicted octanol–water partition coefficient (Wildman–Crippen LogP) is 3.78. The maximum absolute atomic E-state index is 13.2. The van der Waals surface area contributed by atoms with E-state index in [1.54, 1.807) is 42.7 Å². The molecule has 1 saturated heterocycles. The summed E-state index contributed by atoms with van der Waals surface area (Å²) in [4.78, 5) is 33.9. The average molecular weight is 444 g/mol. The van der Waals surface area contributed by atoms with Crippen LogP contribution in [0.4, 0.5) is 5.69 Å². The number of carbonyl (C=O) groups excluding carboxylic acids is 2. The summed E-state index contributed by atoms with van der Waals surface area (Å²) in [5, 5.41) is 11.3. The van der Waals surface area contributed by atoms with Crippen molar-refractivity contribution in [1.82, 2.24) is 9.88 Å². The van der Waals surface area contributed by atoms with Gasteiger partial charge in [-0.05, 0) is 41.5 Å². The molecule has 7 heteroatoms. The second-order valence-corrected chi connectivity index (χ2v) is 7.97. The van der Waals surface area contributed by atoms with Crippen LogP contribution in [0.25, 0.3) is 5.76 Å². The van der Waals surface area contributed by atoms with Gasteiger partial charge in [0.15, 0.2) is 0 Å². The van der Waals surface area contributed by atoms with E-state index in [9.17, 15) is 14.7 Å². The molecule has 0 bridgehead atoms. The number of benzene rings is 2. The number of likely N-dealkylation sites (tertiary alicyclic amines) is 1. The number of ether oxygens (including phenoxy) is 1. The van der Waals surface area contributed by atoms with E-state index in [0.717, 1.165) is 16.8 Å². The number of nitrogens with zero attached hydrogens (tertiary/aromatic N) is 3. The van der Waals surface area contributed by atoms with Gasteiger partial charge in [0.2, 0.25) is 0 Å². The first-order chi connectivity index (χ1) is 15.9. The van der Waals surface area contributed by atoms with Crippen molar-refractivity contribution in [3.63, 3.8) is 0 Å². The number of carbonyl (C=O) groups is 2. The number of aromatic nitrogens is 1. The number of Topliss-reactive ketones (excluding diaryl/α,β-unsaturated/α-hetero) is 1. The molecular formula is C26H25N3O4. The summed E-state index contributed by atoms with van der Waals surface area (Å²) in [5.41, 5.74) is 2.87. The van der Waals surface area contributed by atoms with E-state index in [4.69, 9.17) is 4.74 Å². The predicted molar refractivity (Wildman–Crippen MR) is 126 cm³/mol. The number of para-hydroxylation sites is 1. The second kappa shape index (κ2) is 9.16. The number of anilines is 1. The van der Waals surface area contributed by atoms with Gasteiger partial charge >= 0.3 is 0 Å². The molecule has 3 aromatic rings. The molecule has 1 aromatic heterocycles. The molecule has 0 saturated carbocycles. The van der Waals surface area contributed by atoms with Gasteiger partial charge in [0, 0.05) is 38.7 Å². The van der Waals surface area contributed by atoms with Gasteiger partial charge in [0.05, 0.1) is 24.3 Å². The van der Waals surface area contributed by atoms with Crippen molar-refractivity contribution in [2.75, 3.05) is 26.1 Å². The van der Waals surface area contributed by atoms with Gasteiger partial charge in [0.25, 0.3) is 11.7 Å². The fourth-order valence-electron chi connectivity index (χ4n) is 4.02. The summed E-state index contributed by atoms with van der Waals surface area (Å²) in [6.07, 6.45) is 3.31. The van der Waals surface area contributed by atoms with Crippen molar-refractivity contribution >= 4 is 23.1 Å². The molecule has 1 amide bonds. The van der Waals surface area contributed by atoms with Crippen LogP contribution in [-0.2, 0) is 16.1 Å². The topological polar surface area (TPSA) is 83.0 Å². The zero-order valence-corrected chi connectivity index (χ0v) is 18.7. The van der Waals surface area contributed by atoms with E-state index in [1.807, 2.05) is 49.3 Å². The largest absolute Gasteiger partial charge is 0.507 e. The van der Waals surface area contributed by atoms with Gasteiger partial charge in [-0.25, -0.2) is 0 Å². The van der Waals surface area contributed by atoms with E-state index in [-0.39, 0.29) is 17.9 Å². The van der Waals surface area contributed by atoms with Crippen molar-refractivity contribution in [2.24, 2.45) is 0 Å². The lowest BCUT2D eigenvalue weighted by Crippen LogP contribution is -2.29. The molecule has 4 rings (SSSR count). The fraction of sp³-hybridized carbons (Fsp3) is 0.192. The highest BCUT2D eigenvalue weighted by Crippen LogP contribution is 2.41. The van der Waals surface area contributed by atoms with Crippen molar-refractivity contribution < 1.29 is 19.4 Å². The lowest BCUT2D eigenvalue weighted by Gasteiger charge is -2.26. The first-order valence-corrected chi connectivity index (χ1v) is 10.5. The number of methoxy groups -OCH3 is 1. The minimum Gasteiger partial charge on any atom is -0.507 e. The smallest absolute Gasteiger partial charge is 0.295 e. The van der Waals surface area contributed by atoms with Crippen LogP contribution in [0.2, 0.25) is 0 Å². The Bertz CT molecular complexity index is 1200. The number of aliphatic hydroxyl groups is 1. The number of amides is 1. The Balaban J connectivity index is 1.88. The molecule has 1 aliphatic rings. The van der Waals surface area contributed by atoms with E-state index >= 15 is 0 Å². The molecule has 33 heavy (non-hydrogen) atoms. The van der Waals surface area contributed by atoms with Crippen LogP contribution >= 0.6 is 0 Å². The Labute approximate surface area is 192 Å². The Morgan fingerprint density at radius 2 is 1.79 bits per heavy atom. The number of hydrogen-bond acceptors (Lipinski definition) is 6. The van der Waals surface area contributed by atoms with Crippen LogP contribution in [-0.4, -0.2) is 47.9 Å². The van der Waals surface area contributed by atoms with Crippen LogP contribution < -0.4 is 9.64 Å². The molecule has 0 radical (unpaired) electrons. The molecule has 1 atom stereocenters. The number of rotatable bonds is 6. The number of hydrogen-bond donors (Lipinski definition) is 1. The molecule has 7 nitrogen and oxygen atoms in total. The summed E-state index contributed by atoms with van der Waals surface area (Å²) < 4.78 is 5.38. The average Bonchev–Trinajstić information content (AvgIpc) is 3.09. The lowest BCUT2D eigenvalue weighted by atomic mass is 9.94. The van der Waals surface area contributed by atoms with Gasteiger partial charge in [-0.15, -0.1) is 0 Å². The number of aliphatic hydroxyl groups excluding tert-OH is 1. The standard InChI is InChI=1S/C26H25N3O4/c1-28(2)19-12-10-18(11-13-19)23-22(24(30)20-8-4-5-9-21(20)33-3)25(31)26(32)29(23)16-17-7-6-14-27-15-17/h4-15,23,30H,16H2,1-3H3/b24-22-. The molecule has 0 spiro atoms. The van der Waals surface area contributed by atoms with Gasteiger partial charge in [-0.3, -0.25) is 14.6 Å². The molecule has 1 aliphatic heterocycles. The van der Waals surface area contributed by atoms with E-state index in [2.05, 4.69) is 4.98 Å². The van der Waals surface area contributed by atoms with Crippen molar-refractivity contribution in [3.8, 4) is 5.75 Å². The normalized spacial score (nSPS) is 17.3. The first kappa shape index (κ1) is 22.1. The van der Waals surface area contributed by atoms with Gasteiger partial charge in [-0.1, -0.05) is 30.3 Å². The van der Waals surface area contributed by atoms with Gasteiger partial charge < -0.3 is 19.6 Å². The zero-order chi connectivity index (χ0) is 23.5. The fourth-order valence-corrected chi connectivity index (χ4v) is 4.02. The van der Waals surface area contributed by atoms with Crippen LogP contribution in [0.1, 0.15) is 22.7 Å². The minimum absolute atomic E-state index is 0.0333. The Kier molecular flexibility index (Phi) is 6.13. The molecule has 1 unspecified atom stereocenters. The summed E-state index contributed by atoms with van der Waals surface area (Å²) in [7, 11) is 5.36. The van der Waals surface area contributed by atoms with Crippen LogP contribution in [0.3, 0.4) is 0 Å². The summed E-state index contributed by atoms with van der Waals surface area (Å²) >= 11 is 0. The third-order valence-corrected chi connectivity index (χ3v) is 5.70. The molecule has 2 heterocycles. The Morgan fingerprint density at radius 1 is 1.06 bits per heavy atom. The van der Waals surface area contributed by atoms with Crippen LogP contribution in [0.5, 0.6) is 5.75 Å². The molecular weight excluding hydrogens is 418 g/mol. The van der Waals surface area contributed by atoms with Crippen LogP contribution in [0, 0.1) is 0 Å². The SMILES string of the molecule is COc1ccccc1/C(O)=C1/C(=O)C(=O)N(Cc2cccnc2)C1c1ccc(N(C)C)cc1. The Morgan fingerprint density at radius 3 is 2.42 bits per heavy atom. The summed E-state index contributed by atoms with van der Waals surface area (Å²) in [6.45, 7) is 0.182. The van der Waals surface area contributed by atoms with Crippen molar-refractivity contribution in [2.45, 2.75) is 12.6 Å². The highest BCUT2D eigenvalue weighted by Gasteiger charge is 2.46. The van der Waals surface area contributed by atoms with E-state index < -0.39 is 17.7 Å². The molecule has 0 aliphatic carbocycles. The van der Waals surface area contributed by atoms with Gasteiger partial charge in [0.1, 0.15) is 11.5 Å². The maximum atomic E-state index is 13.2. The highest BCUT2D eigenvalue weighted by molar-refractivity contribution is 6.46. The third-order valence-electron chi connectivity index (χ3n) is 5.70. The Hall–Kier alpha value is -4.13. The third kappa shape index (κ3) is 4.17. The molecule has 1 fully saturated rings. The molecule has 1 N–H and O–H groups in total. The van der Waals surface area contributed by atoms with Crippen molar-refractivity contribution in [1.29, 1.82) is 0 Å². The van der Waals surface area contributed by atoms with E-state index in [1.165, 1.54) is 12.0 Å². The zero-order valence-electron chi connectivity index (χ0n) is 18.7. The van der Waals surface area contributed by atoms with Crippen LogP contribution in [0.15, 0.2) is 78.6 Å². The van der Waals surface area contributed by atoms with Gasteiger partial charge in [-0.2, -0.15) is 0 Å². The van der Waals surface area contributed by atoms with E-state index in [0.29, 0.717) is 11.3 Å². The maximum Gasteiger partial charge on any atom is 0.295 e. The van der Waals surface area contributed by atoms with Crippen molar-refractivity contribution in [3.05, 3.63) is 95.3 Å². The summed E-state index contributed by atoms with van der Waals surface area (Å²) in [5.74, 6) is -1.25. The molecule has 2 aromatic carbocycles. The second-order valence-electron chi connectivity index (χ2n) is 7.97. The summed E-state index contributed by atoms with van der Waals surface area (Å²) in [6, 6.07) is 17.3. The number of ketones is 1.